The molecule has 3 rings (SSSR count). The summed E-state index contributed by atoms with van der Waals surface area (Å²) >= 11 is 0. The van der Waals surface area contributed by atoms with E-state index in [1.54, 1.807) is 6.26 Å². The van der Waals surface area contributed by atoms with Crippen LogP contribution in [0.25, 0.3) is 0 Å². The van der Waals surface area contributed by atoms with Crippen LogP contribution in [0.2, 0.25) is 0 Å². The second-order valence-electron chi connectivity index (χ2n) is 7.20. The summed E-state index contributed by atoms with van der Waals surface area (Å²) in [7, 11) is 0. The van der Waals surface area contributed by atoms with Crippen LogP contribution in [0.5, 0.6) is 0 Å². The van der Waals surface area contributed by atoms with Gasteiger partial charge in [0.1, 0.15) is 5.76 Å². The van der Waals surface area contributed by atoms with E-state index < -0.39 is 0 Å². The number of carbonyl (C=O) groups is 1. The largest absolute Gasteiger partial charge is 0.468 e. The Labute approximate surface area is 144 Å². The monoisotopic (exact) mass is 334 g/mol. The molecule has 2 amide bonds. The van der Waals surface area contributed by atoms with Crippen molar-refractivity contribution < 1.29 is 9.21 Å². The first-order chi connectivity index (χ1) is 11.6. The quantitative estimate of drug-likeness (QED) is 0.837. The topological polar surface area (TPSA) is 60.8 Å². The van der Waals surface area contributed by atoms with E-state index in [0.717, 1.165) is 38.4 Å². The summed E-state index contributed by atoms with van der Waals surface area (Å²) in [5, 5.41) is 6.16. The molecule has 0 unspecified atom stereocenters. The van der Waals surface area contributed by atoms with Crippen molar-refractivity contribution in [1.82, 2.24) is 20.4 Å². The minimum Gasteiger partial charge on any atom is -0.468 e. The van der Waals surface area contributed by atoms with E-state index >= 15 is 0 Å². The SMILES string of the molecule is CC(C)N1CC[C@H](NC(=O)NC[C@@H](c2ccco2)N2CCCC2)C1. The van der Waals surface area contributed by atoms with Crippen molar-refractivity contribution in [2.75, 3.05) is 32.7 Å². The van der Waals surface area contributed by atoms with E-state index in [4.69, 9.17) is 4.42 Å². The Kier molecular flexibility index (Phi) is 5.79. The maximum atomic E-state index is 12.3. The maximum absolute atomic E-state index is 12.3. The number of urea groups is 1. The molecule has 2 fully saturated rings. The van der Waals surface area contributed by atoms with E-state index in [-0.39, 0.29) is 18.1 Å². The second kappa shape index (κ2) is 8.03. The number of hydrogen-bond acceptors (Lipinski definition) is 4. The van der Waals surface area contributed by atoms with Crippen molar-refractivity contribution >= 4 is 6.03 Å². The van der Waals surface area contributed by atoms with Crippen molar-refractivity contribution in [1.29, 1.82) is 0 Å². The lowest BCUT2D eigenvalue weighted by Crippen LogP contribution is -2.46. The molecular formula is C18H30N4O2. The molecule has 6 heteroatoms. The van der Waals surface area contributed by atoms with Crippen LogP contribution in [0.3, 0.4) is 0 Å². The third-order valence-electron chi connectivity index (χ3n) is 5.19. The number of likely N-dealkylation sites (tertiary alicyclic amines) is 2. The number of rotatable bonds is 6. The lowest BCUT2D eigenvalue weighted by molar-refractivity contribution is 0.201. The van der Waals surface area contributed by atoms with Crippen LogP contribution in [0.1, 0.15) is 44.9 Å². The first-order valence-corrected chi connectivity index (χ1v) is 9.19. The van der Waals surface area contributed by atoms with Gasteiger partial charge >= 0.3 is 6.03 Å². The fourth-order valence-electron chi connectivity index (χ4n) is 3.74. The smallest absolute Gasteiger partial charge is 0.315 e. The number of furan rings is 1. The molecule has 6 nitrogen and oxygen atoms in total. The van der Waals surface area contributed by atoms with E-state index in [0.29, 0.717) is 12.6 Å². The third-order valence-corrected chi connectivity index (χ3v) is 5.19. The fourth-order valence-corrected chi connectivity index (χ4v) is 3.74. The highest BCUT2D eigenvalue weighted by Gasteiger charge is 2.28. The highest BCUT2D eigenvalue weighted by molar-refractivity contribution is 5.74. The van der Waals surface area contributed by atoms with Crippen LogP contribution >= 0.6 is 0 Å². The van der Waals surface area contributed by atoms with E-state index in [2.05, 4.69) is 34.3 Å². The molecule has 0 bridgehead atoms. The summed E-state index contributed by atoms with van der Waals surface area (Å²) in [6.45, 7) is 9.13. The molecule has 0 saturated carbocycles. The van der Waals surface area contributed by atoms with Gasteiger partial charge in [-0.2, -0.15) is 0 Å². The average Bonchev–Trinajstić information content (AvgIpc) is 3.30. The fraction of sp³-hybridized carbons (Fsp3) is 0.722. The summed E-state index contributed by atoms with van der Waals surface area (Å²) in [6, 6.07) is 4.77. The molecule has 134 valence electrons. The molecule has 2 saturated heterocycles. The summed E-state index contributed by atoms with van der Waals surface area (Å²) in [4.78, 5) is 17.1. The normalized spacial score (nSPS) is 23.7. The van der Waals surface area contributed by atoms with Crippen molar-refractivity contribution in [2.45, 2.75) is 51.2 Å². The molecule has 3 heterocycles. The van der Waals surface area contributed by atoms with Gasteiger partial charge in [-0.15, -0.1) is 0 Å². The van der Waals surface area contributed by atoms with Gasteiger partial charge in [-0.1, -0.05) is 0 Å². The molecule has 1 aromatic rings. The van der Waals surface area contributed by atoms with E-state index in [9.17, 15) is 4.79 Å². The minimum absolute atomic E-state index is 0.0682. The third kappa shape index (κ3) is 4.30. The average molecular weight is 334 g/mol. The number of nitrogens with zero attached hydrogens (tertiary/aromatic N) is 2. The molecular weight excluding hydrogens is 304 g/mol. The number of amides is 2. The molecule has 0 spiro atoms. The summed E-state index contributed by atoms with van der Waals surface area (Å²) in [5.74, 6) is 0.934. The van der Waals surface area contributed by atoms with Gasteiger partial charge < -0.3 is 15.1 Å². The Morgan fingerprint density at radius 1 is 1.29 bits per heavy atom. The van der Waals surface area contributed by atoms with Crippen molar-refractivity contribution in [2.24, 2.45) is 0 Å². The molecule has 2 aliphatic rings. The molecule has 2 aliphatic heterocycles. The second-order valence-corrected chi connectivity index (χ2v) is 7.20. The van der Waals surface area contributed by atoms with Gasteiger partial charge in [0, 0.05) is 31.7 Å². The van der Waals surface area contributed by atoms with Crippen LogP contribution < -0.4 is 10.6 Å². The minimum atomic E-state index is -0.0682. The molecule has 24 heavy (non-hydrogen) atoms. The Morgan fingerprint density at radius 2 is 2.08 bits per heavy atom. The zero-order valence-corrected chi connectivity index (χ0v) is 14.8. The van der Waals surface area contributed by atoms with Gasteiger partial charge in [0.2, 0.25) is 0 Å². The molecule has 0 radical (unpaired) electrons. The number of hydrogen-bond donors (Lipinski definition) is 2. The Hall–Kier alpha value is -1.53. The first-order valence-electron chi connectivity index (χ1n) is 9.19. The maximum Gasteiger partial charge on any atom is 0.315 e. The zero-order chi connectivity index (χ0) is 16.9. The van der Waals surface area contributed by atoms with Gasteiger partial charge in [-0.05, 0) is 58.3 Å². The summed E-state index contributed by atoms with van der Waals surface area (Å²) in [6.07, 6.45) is 5.17. The van der Waals surface area contributed by atoms with E-state index in [1.165, 1.54) is 12.8 Å². The highest BCUT2D eigenvalue weighted by atomic mass is 16.3. The molecule has 2 atom stereocenters. The lowest BCUT2D eigenvalue weighted by atomic mass is 10.2. The van der Waals surface area contributed by atoms with Crippen LogP contribution in [-0.2, 0) is 0 Å². The number of nitrogens with one attached hydrogen (secondary N) is 2. The van der Waals surface area contributed by atoms with Gasteiger partial charge in [-0.3, -0.25) is 9.80 Å². The Balaban J connectivity index is 1.48. The number of carbonyl (C=O) groups excluding carboxylic acids is 1. The lowest BCUT2D eigenvalue weighted by Gasteiger charge is -2.26. The standard InChI is InChI=1S/C18H30N4O2/c1-14(2)22-10-7-15(13-22)20-18(23)19-12-16(17-6-5-11-24-17)21-8-3-4-9-21/h5-6,11,14-16H,3-4,7-10,12-13H2,1-2H3,(H2,19,20,23)/t15-,16-/m0/s1. The molecule has 0 aromatic carbocycles. The Morgan fingerprint density at radius 3 is 2.71 bits per heavy atom. The highest BCUT2D eigenvalue weighted by Crippen LogP contribution is 2.24. The van der Waals surface area contributed by atoms with Crippen LogP contribution in [0, 0.1) is 0 Å². The zero-order valence-electron chi connectivity index (χ0n) is 14.8. The van der Waals surface area contributed by atoms with Crippen molar-refractivity contribution in [3.05, 3.63) is 24.2 Å². The first kappa shape index (κ1) is 17.3. The van der Waals surface area contributed by atoms with Gasteiger partial charge in [0.15, 0.2) is 0 Å². The van der Waals surface area contributed by atoms with Crippen LogP contribution in [0.15, 0.2) is 22.8 Å². The van der Waals surface area contributed by atoms with Gasteiger partial charge in [-0.25, -0.2) is 4.79 Å². The van der Waals surface area contributed by atoms with E-state index in [1.807, 2.05) is 12.1 Å². The van der Waals surface area contributed by atoms with Crippen LogP contribution in [0.4, 0.5) is 4.79 Å². The van der Waals surface area contributed by atoms with Crippen LogP contribution in [-0.4, -0.2) is 60.6 Å². The van der Waals surface area contributed by atoms with Gasteiger partial charge in [0.05, 0.1) is 12.3 Å². The van der Waals surface area contributed by atoms with Gasteiger partial charge in [0.25, 0.3) is 0 Å². The summed E-state index contributed by atoms with van der Waals surface area (Å²) in [5.41, 5.74) is 0. The predicted molar refractivity (Wildman–Crippen MR) is 93.9 cm³/mol. The predicted octanol–water partition coefficient (Wildman–Crippen LogP) is 2.20. The Bertz CT molecular complexity index is 511. The molecule has 1 aromatic heterocycles. The molecule has 0 aliphatic carbocycles. The molecule has 2 N–H and O–H groups in total. The van der Waals surface area contributed by atoms with Crippen molar-refractivity contribution in [3.63, 3.8) is 0 Å². The van der Waals surface area contributed by atoms with Crippen molar-refractivity contribution in [3.8, 4) is 0 Å². The summed E-state index contributed by atoms with van der Waals surface area (Å²) < 4.78 is 5.59.